The zero-order valence-corrected chi connectivity index (χ0v) is 15.0. The van der Waals surface area contributed by atoms with Crippen molar-refractivity contribution < 1.29 is 23.1 Å². The Morgan fingerprint density at radius 1 is 1.15 bits per heavy atom. The predicted molar refractivity (Wildman–Crippen MR) is 96.2 cm³/mol. The molecule has 2 aromatic rings. The lowest BCUT2D eigenvalue weighted by Gasteiger charge is -2.13. The molecule has 0 aliphatic carbocycles. The first-order valence-electron chi connectivity index (χ1n) is 7.69. The molecule has 0 aliphatic heterocycles. The second-order valence-corrected chi connectivity index (χ2v) is 6.00. The van der Waals surface area contributed by atoms with E-state index >= 15 is 0 Å². The summed E-state index contributed by atoms with van der Waals surface area (Å²) in [5.74, 6) is -1.11. The van der Waals surface area contributed by atoms with Gasteiger partial charge in [0.25, 0.3) is 0 Å². The molecule has 0 bridgehead atoms. The van der Waals surface area contributed by atoms with Crippen LogP contribution in [0.4, 0.5) is 18.9 Å². The number of nitrogens with one attached hydrogen (secondary N) is 1. The van der Waals surface area contributed by atoms with Crippen LogP contribution in [-0.2, 0) is 11.0 Å². The number of benzene rings is 2. The molecule has 0 radical (unpaired) electrons. The summed E-state index contributed by atoms with van der Waals surface area (Å²) in [6.45, 7) is 3.35. The molecule has 0 aromatic heterocycles. The summed E-state index contributed by atoms with van der Waals surface area (Å²) in [7, 11) is 0. The molecule has 4 nitrogen and oxygen atoms in total. The molecule has 2 atom stereocenters. The zero-order valence-electron chi connectivity index (χ0n) is 14.2. The highest BCUT2D eigenvalue weighted by Gasteiger charge is 2.33. The molecule has 0 spiro atoms. The van der Waals surface area contributed by atoms with Gasteiger partial charge in [-0.05, 0) is 37.6 Å². The number of carbonyl (C=O) groups is 1. The third-order valence-electron chi connectivity index (χ3n) is 3.35. The second-order valence-electron chi connectivity index (χ2n) is 5.60. The second kappa shape index (κ2) is 9.45. The van der Waals surface area contributed by atoms with Gasteiger partial charge in [0.05, 0.1) is 10.6 Å². The SMILES string of the molecule is CC(N)c1ccccc1.C[C@@H](Nc1ccc(C(F)(F)F)c(Cl)c1)C(=O)O. The molecular formula is C18H20ClF3N2O2. The Balaban J connectivity index is 0.000000314. The maximum Gasteiger partial charge on any atom is 0.417 e. The number of halogens is 4. The standard InChI is InChI=1S/C10H9ClF3NO2.C8H11N/c1-5(9(16)17)15-6-2-3-7(8(11)4-6)10(12,13)14;1-7(9)8-5-3-2-4-6-8/h2-5,15H,1H3,(H,16,17);2-7H,9H2,1H3/t5-;/m1./s1. The van der Waals surface area contributed by atoms with Crippen LogP contribution in [-0.4, -0.2) is 17.1 Å². The molecule has 0 amide bonds. The van der Waals surface area contributed by atoms with Gasteiger partial charge in [-0.15, -0.1) is 0 Å². The van der Waals surface area contributed by atoms with Crippen molar-refractivity contribution in [2.45, 2.75) is 32.1 Å². The summed E-state index contributed by atoms with van der Waals surface area (Å²) in [6.07, 6.45) is -4.52. The summed E-state index contributed by atoms with van der Waals surface area (Å²) in [5, 5.41) is 10.7. The molecule has 0 aliphatic rings. The van der Waals surface area contributed by atoms with Crippen molar-refractivity contribution in [3.8, 4) is 0 Å². The quantitative estimate of drug-likeness (QED) is 0.692. The van der Waals surface area contributed by atoms with Crippen LogP contribution < -0.4 is 11.1 Å². The number of rotatable bonds is 4. The third kappa shape index (κ3) is 6.93. The largest absolute Gasteiger partial charge is 0.480 e. The van der Waals surface area contributed by atoms with E-state index in [0.29, 0.717) is 0 Å². The van der Waals surface area contributed by atoms with Crippen LogP contribution >= 0.6 is 11.6 Å². The lowest BCUT2D eigenvalue weighted by molar-refractivity contribution is -0.138. The smallest absolute Gasteiger partial charge is 0.417 e. The Bertz CT molecular complexity index is 722. The number of hydrogen-bond acceptors (Lipinski definition) is 3. The highest BCUT2D eigenvalue weighted by Crippen LogP contribution is 2.35. The Kier molecular flexibility index (Phi) is 7.92. The first kappa shape index (κ1) is 21.8. The van der Waals surface area contributed by atoms with Crippen LogP contribution in [0, 0.1) is 0 Å². The third-order valence-corrected chi connectivity index (χ3v) is 3.67. The summed E-state index contributed by atoms with van der Waals surface area (Å²) in [6, 6.07) is 12.3. The fourth-order valence-electron chi connectivity index (χ4n) is 1.90. The van der Waals surface area contributed by atoms with E-state index in [1.54, 1.807) is 0 Å². The molecule has 8 heteroatoms. The van der Waals surface area contributed by atoms with Gasteiger partial charge >= 0.3 is 12.1 Å². The van der Waals surface area contributed by atoms with Gasteiger partial charge in [0.2, 0.25) is 0 Å². The van der Waals surface area contributed by atoms with Gasteiger partial charge in [-0.1, -0.05) is 41.9 Å². The molecule has 4 N–H and O–H groups in total. The van der Waals surface area contributed by atoms with Crippen molar-refractivity contribution in [1.82, 2.24) is 0 Å². The van der Waals surface area contributed by atoms with E-state index in [4.69, 9.17) is 22.4 Å². The Morgan fingerprint density at radius 2 is 1.73 bits per heavy atom. The normalized spacial score (nSPS) is 13.2. The summed E-state index contributed by atoms with van der Waals surface area (Å²) >= 11 is 5.47. The number of aliphatic carboxylic acids is 1. The van der Waals surface area contributed by atoms with Gasteiger partial charge in [-0.25, -0.2) is 0 Å². The van der Waals surface area contributed by atoms with Crippen LogP contribution in [0.2, 0.25) is 5.02 Å². The molecule has 0 fully saturated rings. The van der Waals surface area contributed by atoms with E-state index < -0.39 is 28.8 Å². The van der Waals surface area contributed by atoms with E-state index in [-0.39, 0.29) is 11.7 Å². The fraction of sp³-hybridized carbons (Fsp3) is 0.278. The van der Waals surface area contributed by atoms with Crippen molar-refractivity contribution in [1.29, 1.82) is 0 Å². The van der Waals surface area contributed by atoms with E-state index in [1.807, 2.05) is 37.3 Å². The monoisotopic (exact) mass is 388 g/mol. The van der Waals surface area contributed by atoms with Crippen LogP contribution in [0.25, 0.3) is 0 Å². The minimum Gasteiger partial charge on any atom is -0.480 e. The molecule has 142 valence electrons. The first-order valence-corrected chi connectivity index (χ1v) is 8.06. The Morgan fingerprint density at radius 3 is 2.12 bits per heavy atom. The average Bonchev–Trinajstić information content (AvgIpc) is 2.55. The number of alkyl halides is 3. The summed E-state index contributed by atoms with van der Waals surface area (Å²) < 4.78 is 37.1. The zero-order chi connectivity index (χ0) is 19.9. The first-order chi connectivity index (χ1) is 12.0. The van der Waals surface area contributed by atoms with Crippen molar-refractivity contribution in [2.24, 2.45) is 5.73 Å². The van der Waals surface area contributed by atoms with Gasteiger partial charge in [-0.2, -0.15) is 13.2 Å². The summed E-state index contributed by atoms with van der Waals surface area (Å²) in [4.78, 5) is 10.5. The number of carboxylic acid groups (broad SMARTS) is 1. The van der Waals surface area contributed by atoms with Gasteiger partial charge in [0.15, 0.2) is 0 Å². The van der Waals surface area contributed by atoms with Crippen molar-refractivity contribution in [3.63, 3.8) is 0 Å². The van der Waals surface area contributed by atoms with Crippen molar-refractivity contribution in [2.75, 3.05) is 5.32 Å². The van der Waals surface area contributed by atoms with Crippen LogP contribution in [0.15, 0.2) is 48.5 Å². The highest BCUT2D eigenvalue weighted by molar-refractivity contribution is 6.31. The molecule has 26 heavy (non-hydrogen) atoms. The molecule has 0 saturated carbocycles. The van der Waals surface area contributed by atoms with Gasteiger partial charge in [0, 0.05) is 11.7 Å². The maximum atomic E-state index is 12.4. The molecular weight excluding hydrogens is 369 g/mol. The topological polar surface area (TPSA) is 75.3 Å². The maximum absolute atomic E-state index is 12.4. The van der Waals surface area contributed by atoms with Gasteiger partial charge in [-0.3, -0.25) is 4.79 Å². The van der Waals surface area contributed by atoms with Crippen LogP contribution in [0.1, 0.15) is 31.0 Å². The summed E-state index contributed by atoms with van der Waals surface area (Å²) in [5.41, 5.74) is 6.07. The van der Waals surface area contributed by atoms with Gasteiger partial charge in [0.1, 0.15) is 6.04 Å². The molecule has 0 heterocycles. The number of nitrogens with two attached hydrogens (primary N) is 1. The lowest BCUT2D eigenvalue weighted by atomic mass is 10.1. The molecule has 1 unspecified atom stereocenters. The van der Waals surface area contributed by atoms with Crippen LogP contribution in [0.3, 0.4) is 0 Å². The lowest BCUT2D eigenvalue weighted by Crippen LogP contribution is -2.25. The minimum absolute atomic E-state index is 0.159. The van der Waals surface area contributed by atoms with E-state index in [1.165, 1.54) is 12.5 Å². The number of hydrogen-bond donors (Lipinski definition) is 3. The predicted octanol–water partition coefficient (Wildman–Crippen LogP) is 4.95. The number of carboxylic acids is 1. The van der Waals surface area contributed by atoms with Crippen LogP contribution in [0.5, 0.6) is 0 Å². The van der Waals surface area contributed by atoms with Gasteiger partial charge < -0.3 is 16.2 Å². The Hall–Kier alpha value is -2.25. The fourth-order valence-corrected chi connectivity index (χ4v) is 2.19. The highest BCUT2D eigenvalue weighted by atomic mass is 35.5. The molecule has 2 aromatic carbocycles. The number of anilines is 1. The van der Waals surface area contributed by atoms with E-state index in [2.05, 4.69) is 5.32 Å². The van der Waals surface area contributed by atoms with E-state index in [0.717, 1.165) is 18.2 Å². The molecule has 2 rings (SSSR count). The minimum atomic E-state index is -4.52. The molecule has 0 saturated heterocycles. The van der Waals surface area contributed by atoms with Crippen molar-refractivity contribution in [3.05, 3.63) is 64.7 Å². The Labute approximate surface area is 154 Å². The van der Waals surface area contributed by atoms with E-state index in [9.17, 15) is 18.0 Å². The average molecular weight is 389 g/mol. The van der Waals surface area contributed by atoms with Crippen molar-refractivity contribution >= 4 is 23.3 Å².